The Morgan fingerprint density at radius 2 is 1.77 bits per heavy atom. The Hall–Kier alpha value is -2.14. The van der Waals surface area contributed by atoms with E-state index in [2.05, 4.69) is 76.3 Å². The Morgan fingerprint density at radius 1 is 1.00 bits per heavy atom. The van der Waals surface area contributed by atoms with Gasteiger partial charge in [-0.15, -0.1) is 11.3 Å². The number of para-hydroxylation sites is 1. The van der Waals surface area contributed by atoms with Gasteiger partial charge in [-0.3, -0.25) is 4.90 Å². The summed E-state index contributed by atoms with van der Waals surface area (Å²) in [5.41, 5.74) is 2.67. The minimum Gasteiger partial charge on any atom is -0.496 e. The third kappa shape index (κ3) is 3.80. The van der Waals surface area contributed by atoms with Gasteiger partial charge in [0.05, 0.1) is 7.11 Å². The second-order valence-electron chi connectivity index (χ2n) is 8.49. The highest BCUT2D eigenvalue weighted by molar-refractivity contribution is 7.10. The fourth-order valence-corrected chi connectivity index (χ4v) is 6.42. The maximum absolute atomic E-state index is 5.60. The van der Waals surface area contributed by atoms with Crippen molar-refractivity contribution in [1.29, 1.82) is 0 Å². The van der Waals surface area contributed by atoms with Gasteiger partial charge in [0.25, 0.3) is 0 Å². The van der Waals surface area contributed by atoms with Crippen LogP contribution in [0.2, 0.25) is 0 Å². The van der Waals surface area contributed by atoms with Crippen LogP contribution < -0.4 is 10.1 Å². The van der Waals surface area contributed by atoms with Gasteiger partial charge in [-0.05, 0) is 54.9 Å². The van der Waals surface area contributed by atoms with Gasteiger partial charge < -0.3 is 10.1 Å². The number of nitrogens with zero attached hydrogens (tertiary/aromatic N) is 1. The van der Waals surface area contributed by atoms with E-state index in [0.717, 1.165) is 18.2 Å². The van der Waals surface area contributed by atoms with Crippen molar-refractivity contribution >= 4 is 11.3 Å². The molecule has 3 fully saturated rings. The summed E-state index contributed by atoms with van der Waals surface area (Å²) >= 11 is 1.90. The summed E-state index contributed by atoms with van der Waals surface area (Å²) in [6.07, 6.45) is 2.60. The Kier molecular flexibility index (Phi) is 5.89. The minimum absolute atomic E-state index is 0.407. The fourth-order valence-electron chi connectivity index (χ4n) is 5.52. The van der Waals surface area contributed by atoms with Crippen molar-refractivity contribution in [1.82, 2.24) is 10.2 Å². The number of hydrogen-bond donors (Lipinski definition) is 1. The summed E-state index contributed by atoms with van der Waals surface area (Å²) in [6.45, 7) is 3.29. The molecule has 3 aromatic rings. The molecule has 6 rings (SSSR count). The number of thiophene rings is 1. The van der Waals surface area contributed by atoms with E-state index in [9.17, 15) is 0 Å². The molecule has 3 aliphatic heterocycles. The predicted molar refractivity (Wildman–Crippen MR) is 124 cm³/mol. The standard InChI is InChI=1S/C26H30N2OS/c1-29-22-11-6-5-10-21(22)18-27-25-20-13-15-28(16-14-20)26(25)24(23-12-7-17-30-23)19-8-3-2-4-9-19/h2-12,17,20,24-27H,13-16,18H2,1H3. The van der Waals surface area contributed by atoms with Crippen LogP contribution in [-0.2, 0) is 6.54 Å². The molecule has 156 valence electrons. The Bertz CT molecular complexity index is 935. The number of nitrogens with one attached hydrogen (secondary N) is 1. The van der Waals surface area contributed by atoms with Crippen LogP contribution in [0, 0.1) is 5.92 Å². The summed E-state index contributed by atoms with van der Waals surface area (Å²) in [7, 11) is 1.76. The van der Waals surface area contributed by atoms with E-state index in [0.29, 0.717) is 18.0 Å². The summed E-state index contributed by atoms with van der Waals surface area (Å²) < 4.78 is 5.60. The van der Waals surface area contributed by atoms with Gasteiger partial charge in [0.15, 0.2) is 0 Å². The van der Waals surface area contributed by atoms with Crippen LogP contribution in [0.1, 0.15) is 34.8 Å². The first-order valence-corrected chi connectivity index (χ1v) is 11.9. The van der Waals surface area contributed by atoms with Crippen LogP contribution in [0.25, 0.3) is 0 Å². The fraction of sp³-hybridized carbons (Fsp3) is 0.385. The highest BCUT2D eigenvalue weighted by Gasteiger charge is 2.46. The number of benzene rings is 2. The van der Waals surface area contributed by atoms with E-state index in [1.54, 1.807) is 7.11 Å². The molecule has 2 bridgehead atoms. The molecule has 0 spiro atoms. The molecule has 1 N–H and O–H groups in total. The largest absolute Gasteiger partial charge is 0.496 e. The topological polar surface area (TPSA) is 24.5 Å². The van der Waals surface area contributed by atoms with E-state index in [4.69, 9.17) is 4.74 Å². The molecule has 3 atom stereocenters. The number of methoxy groups -OCH3 is 1. The number of rotatable bonds is 7. The van der Waals surface area contributed by atoms with E-state index < -0.39 is 0 Å². The highest BCUT2D eigenvalue weighted by Crippen LogP contribution is 2.43. The first-order valence-electron chi connectivity index (χ1n) is 11.0. The van der Waals surface area contributed by atoms with Crippen molar-refractivity contribution in [2.45, 2.75) is 37.4 Å². The van der Waals surface area contributed by atoms with E-state index in [1.807, 2.05) is 17.4 Å². The lowest BCUT2D eigenvalue weighted by molar-refractivity contribution is 0.00507. The first-order chi connectivity index (χ1) is 14.8. The summed E-state index contributed by atoms with van der Waals surface area (Å²) in [6, 6.07) is 25.0. The molecular formula is C26H30N2OS. The van der Waals surface area contributed by atoms with Crippen LogP contribution in [0.3, 0.4) is 0 Å². The van der Waals surface area contributed by atoms with Gasteiger partial charge >= 0.3 is 0 Å². The molecular weight excluding hydrogens is 388 g/mol. The van der Waals surface area contributed by atoms with Gasteiger partial charge in [0.1, 0.15) is 5.75 Å². The van der Waals surface area contributed by atoms with Gasteiger partial charge in [-0.25, -0.2) is 0 Å². The lowest BCUT2D eigenvalue weighted by Gasteiger charge is -2.54. The van der Waals surface area contributed by atoms with Crippen molar-refractivity contribution in [2.75, 3.05) is 20.2 Å². The summed E-state index contributed by atoms with van der Waals surface area (Å²) in [5, 5.41) is 6.21. The van der Waals surface area contributed by atoms with Crippen LogP contribution in [0.4, 0.5) is 0 Å². The van der Waals surface area contributed by atoms with Gasteiger partial charge in [0.2, 0.25) is 0 Å². The van der Waals surface area contributed by atoms with Crippen molar-refractivity contribution in [2.24, 2.45) is 5.92 Å². The quantitative estimate of drug-likeness (QED) is 0.575. The number of ether oxygens (including phenoxy) is 1. The minimum atomic E-state index is 0.407. The van der Waals surface area contributed by atoms with Crippen LogP contribution in [-0.4, -0.2) is 37.2 Å². The molecule has 30 heavy (non-hydrogen) atoms. The number of fused-ring (bicyclic) bond motifs is 3. The first kappa shape index (κ1) is 19.8. The summed E-state index contributed by atoms with van der Waals surface area (Å²) in [5.74, 6) is 2.12. The molecule has 0 amide bonds. The van der Waals surface area contributed by atoms with E-state index in [1.165, 1.54) is 41.9 Å². The Labute approximate surface area is 183 Å². The smallest absolute Gasteiger partial charge is 0.123 e. The third-order valence-electron chi connectivity index (χ3n) is 6.94. The molecule has 3 nitrogen and oxygen atoms in total. The molecule has 3 aliphatic rings. The molecule has 1 aromatic heterocycles. The zero-order valence-electron chi connectivity index (χ0n) is 17.5. The molecule has 0 aliphatic carbocycles. The highest BCUT2D eigenvalue weighted by atomic mass is 32.1. The van der Waals surface area contributed by atoms with Crippen molar-refractivity contribution in [3.63, 3.8) is 0 Å². The zero-order chi connectivity index (χ0) is 20.3. The molecule has 0 saturated carbocycles. The molecule has 4 heterocycles. The molecule has 3 saturated heterocycles. The maximum atomic E-state index is 5.60. The van der Waals surface area contributed by atoms with Gasteiger partial charge in [0, 0.05) is 35.0 Å². The zero-order valence-corrected chi connectivity index (χ0v) is 18.4. The second-order valence-corrected chi connectivity index (χ2v) is 9.47. The second kappa shape index (κ2) is 8.93. The number of piperidine rings is 3. The Morgan fingerprint density at radius 3 is 2.50 bits per heavy atom. The van der Waals surface area contributed by atoms with Crippen LogP contribution >= 0.6 is 11.3 Å². The van der Waals surface area contributed by atoms with E-state index >= 15 is 0 Å². The predicted octanol–water partition coefficient (Wildman–Crippen LogP) is 5.14. The van der Waals surface area contributed by atoms with Crippen molar-refractivity contribution in [3.05, 3.63) is 88.1 Å². The normalized spacial score (nSPS) is 26.4. The third-order valence-corrected chi connectivity index (χ3v) is 7.90. The number of hydrogen-bond acceptors (Lipinski definition) is 4. The van der Waals surface area contributed by atoms with Crippen LogP contribution in [0.5, 0.6) is 5.75 Å². The average Bonchev–Trinajstić information content (AvgIpc) is 3.34. The van der Waals surface area contributed by atoms with Crippen molar-refractivity contribution in [3.8, 4) is 5.75 Å². The molecule has 4 heteroatoms. The molecule has 3 unspecified atom stereocenters. The Balaban J connectivity index is 1.47. The van der Waals surface area contributed by atoms with Crippen molar-refractivity contribution < 1.29 is 4.74 Å². The van der Waals surface area contributed by atoms with Gasteiger partial charge in [-0.1, -0.05) is 54.6 Å². The maximum Gasteiger partial charge on any atom is 0.123 e. The monoisotopic (exact) mass is 418 g/mol. The summed E-state index contributed by atoms with van der Waals surface area (Å²) in [4.78, 5) is 4.22. The lowest BCUT2D eigenvalue weighted by atomic mass is 9.72. The molecule has 2 aromatic carbocycles. The lowest BCUT2D eigenvalue weighted by Crippen LogP contribution is -2.64. The van der Waals surface area contributed by atoms with Crippen LogP contribution in [0.15, 0.2) is 72.1 Å². The molecule has 0 radical (unpaired) electrons. The van der Waals surface area contributed by atoms with Gasteiger partial charge in [-0.2, -0.15) is 0 Å². The van der Waals surface area contributed by atoms with E-state index in [-0.39, 0.29) is 0 Å². The SMILES string of the molecule is COc1ccccc1CNC1C2CCN(CC2)C1C(c1ccccc1)c1cccs1. The average molecular weight is 419 g/mol.